The predicted octanol–water partition coefficient (Wildman–Crippen LogP) is 3.89. The molecule has 0 atom stereocenters. The second kappa shape index (κ2) is 6.80. The molecule has 0 saturated heterocycles. The number of carboxylic acid groups (broad SMARTS) is 1. The summed E-state index contributed by atoms with van der Waals surface area (Å²) in [7, 11) is 0. The van der Waals surface area contributed by atoms with Gasteiger partial charge >= 0.3 is 5.97 Å². The largest absolute Gasteiger partial charge is 0.478 e. The Balaban J connectivity index is 1.75. The van der Waals surface area contributed by atoms with Gasteiger partial charge in [-0.3, -0.25) is 4.79 Å². The quantitative estimate of drug-likeness (QED) is 0.729. The van der Waals surface area contributed by atoms with Crippen LogP contribution in [0, 0.1) is 0 Å². The Kier molecular flexibility index (Phi) is 4.18. The van der Waals surface area contributed by atoms with Gasteiger partial charge in [0, 0.05) is 28.6 Å². The van der Waals surface area contributed by atoms with Crippen LogP contribution in [0.15, 0.2) is 73.0 Å². The molecule has 2 heterocycles. The first kappa shape index (κ1) is 16.6. The van der Waals surface area contributed by atoms with Crippen molar-refractivity contribution in [2.75, 3.05) is 5.32 Å². The summed E-state index contributed by atoms with van der Waals surface area (Å²) in [5.41, 5.74) is 4.91. The molecule has 2 aromatic carbocycles. The number of carbonyl (C=O) groups is 2. The van der Waals surface area contributed by atoms with E-state index in [2.05, 4.69) is 10.6 Å². The van der Waals surface area contributed by atoms with Gasteiger partial charge in [0.05, 0.1) is 11.3 Å². The van der Waals surface area contributed by atoms with Gasteiger partial charge in [-0.25, -0.2) is 4.79 Å². The Bertz CT molecular complexity index is 1060. The Hall–Kier alpha value is -3.86. The van der Waals surface area contributed by atoms with Crippen LogP contribution in [0.25, 0.3) is 17.3 Å². The smallest absolute Gasteiger partial charge is 0.335 e. The van der Waals surface area contributed by atoms with Crippen molar-refractivity contribution in [3.8, 4) is 0 Å². The fourth-order valence-electron chi connectivity index (χ4n) is 3.10. The van der Waals surface area contributed by atoms with E-state index < -0.39 is 5.97 Å². The van der Waals surface area contributed by atoms with Gasteiger partial charge in [0.1, 0.15) is 0 Å². The molecule has 2 aromatic rings. The number of rotatable bonds is 3. The van der Waals surface area contributed by atoms with Crippen molar-refractivity contribution in [3.63, 3.8) is 0 Å². The Morgan fingerprint density at radius 3 is 2.52 bits per heavy atom. The molecule has 132 valence electrons. The summed E-state index contributed by atoms with van der Waals surface area (Å²) in [5, 5.41) is 15.2. The van der Waals surface area contributed by atoms with E-state index in [9.17, 15) is 9.59 Å². The molecule has 0 unspecified atom stereocenters. The zero-order valence-corrected chi connectivity index (χ0v) is 14.3. The van der Waals surface area contributed by atoms with Crippen LogP contribution in [-0.2, 0) is 4.79 Å². The van der Waals surface area contributed by atoms with Gasteiger partial charge < -0.3 is 15.7 Å². The van der Waals surface area contributed by atoms with Crippen LogP contribution >= 0.6 is 0 Å². The highest BCUT2D eigenvalue weighted by Gasteiger charge is 2.27. The summed E-state index contributed by atoms with van der Waals surface area (Å²) < 4.78 is 0. The molecule has 3 N–H and O–H groups in total. The third-order valence-corrected chi connectivity index (χ3v) is 4.42. The Labute approximate surface area is 156 Å². The molecule has 0 bridgehead atoms. The minimum atomic E-state index is -0.977. The summed E-state index contributed by atoms with van der Waals surface area (Å²) in [6, 6.07) is 12.2. The number of carbonyl (C=O) groups excluding carboxylic acids is 1. The first-order valence-corrected chi connectivity index (χ1v) is 8.44. The zero-order valence-electron chi connectivity index (χ0n) is 14.3. The molecule has 0 radical (unpaired) electrons. The third kappa shape index (κ3) is 3.18. The molecular formula is C22H16N2O3. The lowest BCUT2D eigenvalue weighted by molar-refractivity contribution is -0.110. The molecule has 0 aromatic heterocycles. The number of para-hydroxylation sites is 1. The number of aromatic carboxylic acids is 1. The molecule has 0 spiro atoms. The van der Waals surface area contributed by atoms with E-state index in [4.69, 9.17) is 5.11 Å². The standard InChI is InChI=1S/C22H16N2O3/c25-21-18(13-14-8-10-15(11-9-14)22(26)27)16-5-4-6-17(20(16)24-21)19-7-2-1-3-12-23-19/h1-13,23H,(H,24,25)(H,26,27). The van der Waals surface area contributed by atoms with E-state index >= 15 is 0 Å². The summed E-state index contributed by atoms with van der Waals surface area (Å²) in [5.74, 6) is -1.16. The maximum absolute atomic E-state index is 12.6. The van der Waals surface area contributed by atoms with Crippen molar-refractivity contribution in [3.05, 3.63) is 95.2 Å². The molecule has 5 heteroatoms. The molecule has 0 saturated carbocycles. The summed E-state index contributed by atoms with van der Waals surface area (Å²) in [6.07, 6.45) is 11.3. The molecule has 5 nitrogen and oxygen atoms in total. The molecule has 2 aliphatic heterocycles. The van der Waals surface area contributed by atoms with Crippen LogP contribution in [0.1, 0.15) is 27.0 Å². The molecular weight excluding hydrogens is 340 g/mol. The monoisotopic (exact) mass is 356 g/mol. The van der Waals surface area contributed by atoms with Gasteiger partial charge in [-0.05, 0) is 35.9 Å². The van der Waals surface area contributed by atoms with Crippen LogP contribution in [0.2, 0.25) is 0 Å². The number of carboxylic acids is 1. The van der Waals surface area contributed by atoms with Gasteiger partial charge in [-0.2, -0.15) is 0 Å². The number of allylic oxidation sites excluding steroid dienone is 4. The van der Waals surface area contributed by atoms with Gasteiger partial charge in [-0.15, -0.1) is 0 Å². The van der Waals surface area contributed by atoms with E-state index in [0.29, 0.717) is 5.57 Å². The average molecular weight is 356 g/mol. The molecule has 0 fully saturated rings. The van der Waals surface area contributed by atoms with Gasteiger partial charge in [0.25, 0.3) is 5.91 Å². The van der Waals surface area contributed by atoms with Crippen molar-refractivity contribution in [2.45, 2.75) is 0 Å². The first-order chi connectivity index (χ1) is 13.1. The Morgan fingerprint density at radius 2 is 1.74 bits per heavy atom. The molecule has 1 amide bonds. The Morgan fingerprint density at radius 1 is 0.963 bits per heavy atom. The average Bonchev–Trinajstić information content (AvgIpc) is 2.85. The number of anilines is 1. The van der Waals surface area contributed by atoms with E-state index in [0.717, 1.165) is 28.1 Å². The van der Waals surface area contributed by atoms with Crippen molar-refractivity contribution in [2.24, 2.45) is 0 Å². The molecule has 0 aliphatic carbocycles. The normalized spacial score (nSPS) is 16.4. The van der Waals surface area contributed by atoms with Crippen LogP contribution < -0.4 is 10.6 Å². The van der Waals surface area contributed by atoms with E-state index in [-0.39, 0.29) is 11.5 Å². The van der Waals surface area contributed by atoms with Crippen LogP contribution in [0.5, 0.6) is 0 Å². The highest BCUT2D eigenvalue weighted by Crippen LogP contribution is 2.38. The first-order valence-electron chi connectivity index (χ1n) is 8.44. The van der Waals surface area contributed by atoms with Gasteiger partial charge in [0.2, 0.25) is 0 Å². The highest BCUT2D eigenvalue weighted by molar-refractivity contribution is 6.35. The van der Waals surface area contributed by atoms with Crippen molar-refractivity contribution in [1.82, 2.24) is 5.32 Å². The minimum Gasteiger partial charge on any atom is -0.478 e. The van der Waals surface area contributed by atoms with Crippen LogP contribution in [-0.4, -0.2) is 17.0 Å². The summed E-state index contributed by atoms with van der Waals surface area (Å²) >= 11 is 0. The van der Waals surface area contributed by atoms with E-state index in [1.54, 1.807) is 18.2 Å². The maximum Gasteiger partial charge on any atom is 0.335 e. The van der Waals surface area contributed by atoms with Crippen molar-refractivity contribution < 1.29 is 14.7 Å². The number of hydrogen-bond acceptors (Lipinski definition) is 3. The molecule has 27 heavy (non-hydrogen) atoms. The molecule has 2 aliphatic rings. The van der Waals surface area contributed by atoms with Crippen molar-refractivity contribution in [1.29, 1.82) is 0 Å². The minimum absolute atomic E-state index is 0.180. The SMILES string of the molecule is O=C1Nc2c(C3=CC=CC=CN3)cccc2C1=Cc1ccc(C(=O)O)cc1. The molecule has 4 rings (SSSR count). The topological polar surface area (TPSA) is 78.4 Å². The van der Waals surface area contributed by atoms with E-state index in [1.807, 2.05) is 48.7 Å². The lowest BCUT2D eigenvalue weighted by Gasteiger charge is -2.11. The summed E-state index contributed by atoms with van der Waals surface area (Å²) in [4.78, 5) is 23.6. The lowest BCUT2D eigenvalue weighted by atomic mass is 9.99. The number of fused-ring (bicyclic) bond motifs is 1. The highest BCUT2D eigenvalue weighted by atomic mass is 16.4. The fourth-order valence-corrected chi connectivity index (χ4v) is 3.10. The zero-order chi connectivity index (χ0) is 18.8. The number of benzene rings is 2. The fraction of sp³-hybridized carbons (Fsp3) is 0. The number of hydrogen-bond donors (Lipinski definition) is 3. The van der Waals surface area contributed by atoms with Gasteiger partial charge in [0.15, 0.2) is 0 Å². The lowest BCUT2D eigenvalue weighted by Crippen LogP contribution is -2.08. The van der Waals surface area contributed by atoms with Gasteiger partial charge in [-0.1, -0.05) is 42.5 Å². The van der Waals surface area contributed by atoms with E-state index in [1.165, 1.54) is 12.1 Å². The second-order valence-corrected chi connectivity index (χ2v) is 6.14. The third-order valence-electron chi connectivity index (χ3n) is 4.42. The summed E-state index contributed by atoms with van der Waals surface area (Å²) in [6.45, 7) is 0. The number of amides is 1. The van der Waals surface area contributed by atoms with Crippen molar-refractivity contribution >= 4 is 34.9 Å². The van der Waals surface area contributed by atoms with Crippen LogP contribution in [0.4, 0.5) is 5.69 Å². The maximum atomic E-state index is 12.6. The second-order valence-electron chi connectivity index (χ2n) is 6.14. The predicted molar refractivity (Wildman–Crippen MR) is 106 cm³/mol. The number of nitrogens with one attached hydrogen (secondary N) is 2. The van der Waals surface area contributed by atoms with Crippen LogP contribution in [0.3, 0.4) is 0 Å².